The Hall–Kier alpha value is 0.650. The Bertz CT molecular complexity index is 107. The third-order valence-corrected chi connectivity index (χ3v) is 2.96. The van der Waals surface area contributed by atoms with E-state index in [1.165, 1.54) is 56.2 Å². The summed E-state index contributed by atoms with van der Waals surface area (Å²) in [5.74, 6) is 0. The monoisotopic (exact) mass is 312 g/mol. The molecule has 0 aromatic heterocycles. The van der Waals surface area contributed by atoms with Gasteiger partial charge in [-0.2, -0.15) is 0 Å². The van der Waals surface area contributed by atoms with Crippen molar-refractivity contribution >= 4 is 22.6 Å². The standard InChI is InChI=1S/C11H25IN2/c1-14(2)11-7-10-13-9-6-4-3-5-8-12/h13H,3-11H2,1-2H3. The molecule has 0 unspecified atom stereocenters. The van der Waals surface area contributed by atoms with Gasteiger partial charge in [0.2, 0.25) is 0 Å². The van der Waals surface area contributed by atoms with Crippen LogP contribution in [0, 0.1) is 0 Å². The summed E-state index contributed by atoms with van der Waals surface area (Å²) in [6, 6.07) is 0. The van der Waals surface area contributed by atoms with Crippen LogP contribution in [0.25, 0.3) is 0 Å². The molecule has 0 saturated heterocycles. The van der Waals surface area contributed by atoms with E-state index in [0.717, 1.165) is 0 Å². The maximum Gasteiger partial charge on any atom is -0.000473 e. The highest BCUT2D eigenvalue weighted by Gasteiger charge is 1.91. The van der Waals surface area contributed by atoms with Gasteiger partial charge in [0.15, 0.2) is 0 Å². The number of halogens is 1. The molecule has 0 radical (unpaired) electrons. The fourth-order valence-corrected chi connectivity index (χ4v) is 1.88. The van der Waals surface area contributed by atoms with Crippen LogP contribution in [0.5, 0.6) is 0 Å². The molecule has 0 aromatic carbocycles. The molecule has 0 aromatic rings. The third-order valence-electron chi connectivity index (χ3n) is 2.20. The predicted molar refractivity (Wildman–Crippen MR) is 73.4 cm³/mol. The van der Waals surface area contributed by atoms with Gasteiger partial charge in [-0.3, -0.25) is 0 Å². The number of hydrogen-bond acceptors (Lipinski definition) is 2. The van der Waals surface area contributed by atoms with Crippen LogP contribution < -0.4 is 5.32 Å². The van der Waals surface area contributed by atoms with E-state index in [2.05, 4.69) is 46.9 Å². The van der Waals surface area contributed by atoms with E-state index in [1.807, 2.05) is 0 Å². The quantitative estimate of drug-likeness (QED) is 0.379. The molecule has 0 amide bonds. The van der Waals surface area contributed by atoms with Gasteiger partial charge in [0, 0.05) is 0 Å². The van der Waals surface area contributed by atoms with Gasteiger partial charge < -0.3 is 10.2 Å². The van der Waals surface area contributed by atoms with Crippen LogP contribution in [-0.4, -0.2) is 43.1 Å². The lowest BCUT2D eigenvalue weighted by atomic mass is 10.2. The van der Waals surface area contributed by atoms with Crippen molar-refractivity contribution in [3.8, 4) is 0 Å². The first kappa shape index (κ1) is 14.6. The first-order valence-electron chi connectivity index (χ1n) is 5.69. The molecule has 0 bridgehead atoms. The van der Waals surface area contributed by atoms with Crippen molar-refractivity contribution in [3.05, 3.63) is 0 Å². The molecule has 0 rings (SSSR count). The lowest BCUT2D eigenvalue weighted by molar-refractivity contribution is 0.394. The van der Waals surface area contributed by atoms with Crippen molar-refractivity contribution in [2.75, 3.05) is 38.2 Å². The molecule has 0 aliphatic heterocycles. The van der Waals surface area contributed by atoms with Crippen molar-refractivity contribution in [2.45, 2.75) is 32.1 Å². The van der Waals surface area contributed by atoms with E-state index < -0.39 is 0 Å². The second-order valence-corrected chi connectivity index (χ2v) is 5.09. The van der Waals surface area contributed by atoms with Gasteiger partial charge in [0.1, 0.15) is 0 Å². The fourth-order valence-electron chi connectivity index (χ4n) is 1.34. The molecular weight excluding hydrogens is 287 g/mol. The summed E-state index contributed by atoms with van der Waals surface area (Å²) in [5.41, 5.74) is 0. The van der Waals surface area contributed by atoms with Crippen LogP contribution in [0.15, 0.2) is 0 Å². The topological polar surface area (TPSA) is 15.3 Å². The molecular formula is C11H25IN2. The van der Waals surface area contributed by atoms with E-state index >= 15 is 0 Å². The van der Waals surface area contributed by atoms with Crippen LogP contribution in [-0.2, 0) is 0 Å². The van der Waals surface area contributed by atoms with Gasteiger partial charge in [0.25, 0.3) is 0 Å². The molecule has 0 heterocycles. The number of nitrogens with zero attached hydrogens (tertiary/aromatic N) is 1. The van der Waals surface area contributed by atoms with Gasteiger partial charge in [-0.15, -0.1) is 0 Å². The second kappa shape index (κ2) is 11.7. The van der Waals surface area contributed by atoms with E-state index in [0.29, 0.717) is 0 Å². The number of nitrogens with one attached hydrogen (secondary N) is 1. The highest BCUT2D eigenvalue weighted by molar-refractivity contribution is 14.1. The molecule has 1 N–H and O–H groups in total. The minimum atomic E-state index is 1.17. The second-order valence-electron chi connectivity index (χ2n) is 4.01. The van der Waals surface area contributed by atoms with Crippen molar-refractivity contribution in [3.63, 3.8) is 0 Å². The SMILES string of the molecule is CN(C)CCCNCCCCCCI. The molecule has 86 valence electrons. The molecule has 3 heteroatoms. The Labute approximate surface area is 103 Å². The van der Waals surface area contributed by atoms with Crippen LogP contribution >= 0.6 is 22.6 Å². The molecule has 0 fully saturated rings. The zero-order valence-corrected chi connectivity index (χ0v) is 11.8. The van der Waals surface area contributed by atoms with Crippen molar-refractivity contribution in [1.82, 2.24) is 10.2 Å². The van der Waals surface area contributed by atoms with Gasteiger partial charge in [-0.1, -0.05) is 35.4 Å². The minimum absolute atomic E-state index is 1.17. The lowest BCUT2D eigenvalue weighted by Gasteiger charge is -2.09. The summed E-state index contributed by atoms with van der Waals surface area (Å²) in [4.78, 5) is 2.24. The van der Waals surface area contributed by atoms with Crippen LogP contribution in [0.3, 0.4) is 0 Å². The summed E-state index contributed by atoms with van der Waals surface area (Å²) in [7, 11) is 4.26. The van der Waals surface area contributed by atoms with E-state index in [-0.39, 0.29) is 0 Å². The zero-order valence-electron chi connectivity index (χ0n) is 9.69. The molecule has 0 spiro atoms. The highest BCUT2D eigenvalue weighted by Crippen LogP contribution is 2.01. The Balaban J connectivity index is 2.85. The average molecular weight is 312 g/mol. The minimum Gasteiger partial charge on any atom is -0.317 e. The molecule has 2 nitrogen and oxygen atoms in total. The number of rotatable bonds is 10. The van der Waals surface area contributed by atoms with E-state index in [1.54, 1.807) is 0 Å². The molecule has 0 saturated carbocycles. The summed E-state index contributed by atoms with van der Waals surface area (Å²) >= 11 is 2.45. The fraction of sp³-hybridized carbons (Fsp3) is 1.00. The smallest absolute Gasteiger partial charge is 0.000473 e. The lowest BCUT2D eigenvalue weighted by Crippen LogP contribution is -2.22. The summed E-state index contributed by atoms with van der Waals surface area (Å²) in [6.45, 7) is 3.57. The Kier molecular flexibility index (Phi) is 12.3. The normalized spacial score (nSPS) is 11.1. The van der Waals surface area contributed by atoms with Crippen molar-refractivity contribution in [1.29, 1.82) is 0 Å². The van der Waals surface area contributed by atoms with Gasteiger partial charge in [0.05, 0.1) is 0 Å². The molecule has 0 aliphatic carbocycles. The van der Waals surface area contributed by atoms with Gasteiger partial charge in [-0.25, -0.2) is 0 Å². The zero-order chi connectivity index (χ0) is 10.6. The Morgan fingerprint density at radius 3 is 2.21 bits per heavy atom. The summed E-state index contributed by atoms with van der Waals surface area (Å²) in [5, 5.41) is 3.49. The first-order chi connectivity index (χ1) is 6.77. The highest BCUT2D eigenvalue weighted by atomic mass is 127. The average Bonchev–Trinajstić information content (AvgIpc) is 2.15. The Morgan fingerprint density at radius 1 is 0.929 bits per heavy atom. The van der Waals surface area contributed by atoms with Crippen LogP contribution in [0.2, 0.25) is 0 Å². The van der Waals surface area contributed by atoms with Crippen molar-refractivity contribution < 1.29 is 0 Å². The number of alkyl halides is 1. The largest absolute Gasteiger partial charge is 0.317 e. The van der Waals surface area contributed by atoms with Crippen LogP contribution in [0.4, 0.5) is 0 Å². The molecule has 0 aliphatic rings. The van der Waals surface area contributed by atoms with E-state index in [9.17, 15) is 0 Å². The maximum absolute atomic E-state index is 3.49. The summed E-state index contributed by atoms with van der Waals surface area (Å²) < 4.78 is 1.31. The first-order valence-corrected chi connectivity index (χ1v) is 7.21. The van der Waals surface area contributed by atoms with Gasteiger partial charge >= 0.3 is 0 Å². The van der Waals surface area contributed by atoms with Gasteiger partial charge in [-0.05, 0) is 57.4 Å². The maximum atomic E-state index is 3.49. The Morgan fingerprint density at radius 2 is 1.57 bits per heavy atom. The molecule has 0 atom stereocenters. The number of unbranched alkanes of at least 4 members (excludes halogenated alkanes) is 3. The summed E-state index contributed by atoms with van der Waals surface area (Å²) in [6.07, 6.45) is 6.80. The van der Waals surface area contributed by atoms with Crippen LogP contribution in [0.1, 0.15) is 32.1 Å². The molecule has 14 heavy (non-hydrogen) atoms. The number of hydrogen-bond donors (Lipinski definition) is 1. The van der Waals surface area contributed by atoms with E-state index in [4.69, 9.17) is 0 Å². The van der Waals surface area contributed by atoms with Crippen molar-refractivity contribution in [2.24, 2.45) is 0 Å². The predicted octanol–water partition coefficient (Wildman–Crippen LogP) is 2.52. The third kappa shape index (κ3) is 12.7.